The molecule has 19 heavy (non-hydrogen) atoms. The first-order valence-electron chi connectivity index (χ1n) is 6.10. The van der Waals surface area contributed by atoms with Gasteiger partial charge >= 0.3 is 0 Å². The maximum atomic E-state index is 4.40. The molecule has 0 radical (unpaired) electrons. The van der Waals surface area contributed by atoms with E-state index in [0.717, 1.165) is 39.9 Å². The number of nitrogens with one attached hydrogen (secondary N) is 2. The van der Waals surface area contributed by atoms with Crippen molar-refractivity contribution in [3.63, 3.8) is 0 Å². The number of aromatic nitrogens is 3. The van der Waals surface area contributed by atoms with Crippen molar-refractivity contribution >= 4 is 32.5 Å². The quantitative estimate of drug-likeness (QED) is 0.776. The lowest BCUT2D eigenvalue weighted by Crippen LogP contribution is -2.07. The molecular weight excluding hydrogens is 304 g/mol. The lowest BCUT2D eigenvalue weighted by atomic mass is 10.1. The molecule has 96 valence electrons. The van der Waals surface area contributed by atoms with Crippen LogP contribution in [0.4, 0.5) is 5.82 Å². The molecule has 0 amide bonds. The average Bonchev–Trinajstić information content (AvgIpc) is 2.93. The van der Waals surface area contributed by atoms with Crippen molar-refractivity contribution in [3.8, 4) is 0 Å². The van der Waals surface area contributed by atoms with Crippen LogP contribution in [0.1, 0.15) is 5.82 Å². The molecule has 2 heterocycles. The minimum atomic E-state index is 0.798. The first kappa shape index (κ1) is 12.2. The molecule has 2 N–H and O–H groups in total. The van der Waals surface area contributed by atoms with Gasteiger partial charge in [0, 0.05) is 46.8 Å². The first-order chi connectivity index (χ1) is 9.34. The van der Waals surface area contributed by atoms with Crippen molar-refractivity contribution in [1.82, 2.24) is 15.0 Å². The first-order valence-corrected chi connectivity index (χ1v) is 6.89. The van der Waals surface area contributed by atoms with Crippen LogP contribution < -0.4 is 5.32 Å². The summed E-state index contributed by atoms with van der Waals surface area (Å²) in [7, 11) is 0. The van der Waals surface area contributed by atoms with Gasteiger partial charge in [-0.1, -0.05) is 28.1 Å². The Kier molecular flexibility index (Phi) is 3.46. The van der Waals surface area contributed by atoms with E-state index in [9.17, 15) is 0 Å². The van der Waals surface area contributed by atoms with E-state index in [1.165, 1.54) is 0 Å². The summed E-state index contributed by atoms with van der Waals surface area (Å²) in [5.41, 5.74) is 0. The molecule has 0 saturated carbocycles. The van der Waals surface area contributed by atoms with Crippen molar-refractivity contribution in [2.45, 2.75) is 6.42 Å². The van der Waals surface area contributed by atoms with E-state index in [0.29, 0.717) is 0 Å². The highest BCUT2D eigenvalue weighted by atomic mass is 79.9. The minimum absolute atomic E-state index is 0.798. The van der Waals surface area contributed by atoms with E-state index in [1.807, 2.05) is 30.6 Å². The standard InChI is InChI=1S/C14H13BrN4/c15-12-3-1-2-11-10(12)4-6-18-14(11)19-7-5-13-16-8-9-17-13/h1-4,6,8-9H,5,7H2,(H,16,17)(H,18,19). The molecule has 0 aliphatic carbocycles. The minimum Gasteiger partial charge on any atom is -0.369 e. The number of fused-ring (bicyclic) bond motifs is 1. The number of imidazole rings is 1. The number of anilines is 1. The molecule has 0 fully saturated rings. The predicted octanol–water partition coefficient (Wildman–Crippen LogP) is 3.38. The van der Waals surface area contributed by atoms with Crippen molar-refractivity contribution in [3.05, 3.63) is 53.2 Å². The molecule has 5 heteroatoms. The maximum Gasteiger partial charge on any atom is 0.133 e. The number of benzene rings is 1. The molecule has 0 aliphatic rings. The van der Waals surface area contributed by atoms with Crippen LogP contribution in [-0.4, -0.2) is 21.5 Å². The number of H-pyrrole nitrogens is 1. The van der Waals surface area contributed by atoms with Crippen molar-refractivity contribution in [2.75, 3.05) is 11.9 Å². The van der Waals surface area contributed by atoms with Gasteiger partial charge in [-0.3, -0.25) is 0 Å². The van der Waals surface area contributed by atoms with Crippen molar-refractivity contribution in [1.29, 1.82) is 0 Å². The van der Waals surface area contributed by atoms with Crippen LogP contribution in [0.2, 0.25) is 0 Å². The van der Waals surface area contributed by atoms with Gasteiger partial charge < -0.3 is 10.3 Å². The van der Waals surface area contributed by atoms with Gasteiger partial charge in [-0.2, -0.15) is 0 Å². The highest BCUT2D eigenvalue weighted by Gasteiger charge is 2.04. The Morgan fingerprint density at radius 1 is 1.11 bits per heavy atom. The molecule has 3 rings (SSSR count). The normalized spacial score (nSPS) is 10.8. The van der Waals surface area contributed by atoms with Gasteiger partial charge in [-0.25, -0.2) is 9.97 Å². The third-order valence-electron chi connectivity index (χ3n) is 2.96. The number of hydrogen-bond donors (Lipinski definition) is 2. The smallest absolute Gasteiger partial charge is 0.133 e. The van der Waals surface area contributed by atoms with Crippen LogP contribution in [0.15, 0.2) is 47.3 Å². The summed E-state index contributed by atoms with van der Waals surface area (Å²) in [5, 5.41) is 5.65. The maximum absolute atomic E-state index is 4.40. The number of pyridine rings is 1. The zero-order valence-corrected chi connectivity index (χ0v) is 11.8. The summed E-state index contributed by atoms with van der Waals surface area (Å²) in [5.74, 6) is 1.89. The Morgan fingerprint density at radius 3 is 2.89 bits per heavy atom. The fourth-order valence-corrected chi connectivity index (χ4v) is 2.54. The Morgan fingerprint density at radius 2 is 2.05 bits per heavy atom. The van der Waals surface area contributed by atoms with E-state index >= 15 is 0 Å². The summed E-state index contributed by atoms with van der Waals surface area (Å²) in [4.78, 5) is 11.7. The van der Waals surface area contributed by atoms with E-state index in [2.05, 4.69) is 42.3 Å². The number of aromatic amines is 1. The Hall–Kier alpha value is -1.88. The Bertz CT molecular complexity index is 679. The second kappa shape index (κ2) is 5.40. The molecular formula is C14H13BrN4. The molecule has 1 aromatic carbocycles. The van der Waals surface area contributed by atoms with Crippen LogP contribution >= 0.6 is 15.9 Å². The zero-order valence-electron chi connectivity index (χ0n) is 10.2. The summed E-state index contributed by atoms with van der Waals surface area (Å²) in [6.45, 7) is 0.798. The van der Waals surface area contributed by atoms with E-state index in [1.54, 1.807) is 6.20 Å². The summed E-state index contributed by atoms with van der Waals surface area (Å²) < 4.78 is 1.08. The highest BCUT2D eigenvalue weighted by molar-refractivity contribution is 9.10. The van der Waals surface area contributed by atoms with Crippen molar-refractivity contribution < 1.29 is 0 Å². The van der Waals surface area contributed by atoms with Gasteiger partial charge in [0.25, 0.3) is 0 Å². The molecule has 0 unspecified atom stereocenters. The number of nitrogens with zero attached hydrogens (tertiary/aromatic N) is 2. The fourth-order valence-electron chi connectivity index (χ4n) is 2.04. The Balaban J connectivity index is 1.79. The molecule has 0 spiro atoms. The average molecular weight is 317 g/mol. The van der Waals surface area contributed by atoms with Crippen LogP contribution in [-0.2, 0) is 6.42 Å². The second-order valence-corrected chi connectivity index (χ2v) is 5.06. The van der Waals surface area contributed by atoms with E-state index < -0.39 is 0 Å². The van der Waals surface area contributed by atoms with Crippen LogP contribution in [0.5, 0.6) is 0 Å². The summed E-state index contributed by atoms with van der Waals surface area (Å²) >= 11 is 3.56. The molecule has 2 aromatic heterocycles. The monoisotopic (exact) mass is 316 g/mol. The Labute approximate surface area is 119 Å². The SMILES string of the molecule is Brc1cccc2c(NCCc3ncc[nH]3)nccc12. The summed E-state index contributed by atoms with van der Waals surface area (Å²) in [6, 6.07) is 8.14. The van der Waals surface area contributed by atoms with Crippen LogP contribution in [0, 0.1) is 0 Å². The topological polar surface area (TPSA) is 53.6 Å². The van der Waals surface area contributed by atoms with Gasteiger partial charge in [-0.15, -0.1) is 0 Å². The van der Waals surface area contributed by atoms with Gasteiger partial charge in [0.05, 0.1) is 0 Å². The molecule has 3 aromatic rings. The summed E-state index contributed by atoms with van der Waals surface area (Å²) in [6.07, 6.45) is 6.27. The fraction of sp³-hybridized carbons (Fsp3) is 0.143. The van der Waals surface area contributed by atoms with Gasteiger partial charge in [0.2, 0.25) is 0 Å². The molecule has 0 bridgehead atoms. The molecule has 0 aliphatic heterocycles. The third-order valence-corrected chi connectivity index (χ3v) is 3.65. The van der Waals surface area contributed by atoms with E-state index in [-0.39, 0.29) is 0 Å². The zero-order chi connectivity index (χ0) is 13.1. The predicted molar refractivity (Wildman–Crippen MR) is 80.2 cm³/mol. The largest absolute Gasteiger partial charge is 0.369 e. The van der Waals surface area contributed by atoms with Crippen LogP contribution in [0.25, 0.3) is 10.8 Å². The third kappa shape index (κ3) is 2.61. The number of rotatable bonds is 4. The number of hydrogen-bond acceptors (Lipinski definition) is 3. The molecule has 0 atom stereocenters. The lowest BCUT2D eigenvalue weighted by molar-refractivity contribution is 0.923. The molecule has 0 saturated heterocycles. The lowest BCUT2D eigenvalue weighted by Gasteiger charge is -2.08. The highest BCUT2D eigenvalue weighted by Crippen LogP contribution is 2.27. The second-order valence-electron chi connectivity index (χ2n) is 4.21. The molecule has 4 nitrogen and oxygen atoms in total. The number of halogens is 1. The van der Waals surface area contributed by atoms with Gasteiger partial charge in [0.15, 0.2) is 0 Å². The van der Waals surface area contributed by atoms with Gasteiger partial charge in [-0.05, 0) is 12.1 Å². The van der Waals surface area contributed by atoms with E-state index in [4.69, 9.17) is 0 Å². The van der Waals surface area contributed by atoms with Gasteiger partial charge in [0.1, 0.15) is 11.6 Å². The van der Waals surface area contributed by atoms with Crippen molar-refractivity contribution in [2.24, 2.45) is 0 Å². The van der Waals surface area contributed by atoms with Crippen LogP contribution in [0.3, 0.4) is 0 Å².